The molecule has 2 heterocycles. The molecule has 0 bridgehead atoms. The van der Waals surface area contributed by atoms with Gasteiger partial charge in [0, 0.05) is 11.6 Å². The summed E-state index contributed by atoms with van der Waals surface area (Å²) in [6, 6.07) is 11.9. The van der Waals surface area contributed by atoms with E-state index >= 15 is 0 Å². The first-order chi connectivity index (χ1) is 20.9. The van der Waals surface area contributed by atoms with Gasteiger partial charge in [0.1, 0.15) is 5.75 Å². The summed E-state index contributed by atoms with van der Waals surface area (Å²) in [5.41, 5.74) is 0.459. The van der Waals surface area contributed by atoms with E-state index in [-0.39, 0.29) is 28.7 Å². The van der Waals surface area contributed by atoms with Gasteiger partial charge in [0.25, 0.3) is 5.56 Å². The Morgan fingerprint density at radius 1 is 0.930 bits per heavy atom. The van der Waals surface area contributed by atoms with E-state index in [9.17, 15) is 14.7 Å². The second kappa shape index (κ2) is 15.8. The lowest BCUT2D eigenvalue weighted by Crippen LogP contribution is -2.27. The third-order valence-electron chi connectivity index (χ3n) is 8.11. The molecule has 0 fully saturated rings. The first-order valence-corrected chi connectivity index (χ1v) is 16.1. The third-order valence-corrected chi connectivity index (χ3v) is 8.34. The number of benzene rings is 2. The van der Waals surface area contributed by atoms with Crippen molar-refractivity contribution in [3.05, 3.63) is 68.4 Å². The maximum absolute atomic E-state index is 14.0. The topological polar surface area (TPSA) is 99.5 Å². The Morgan fingerprint density at radius 2 is 1.58 bits per heavy atom. The molecule has 0 aliphatic heterocycles. The van der Waals surface area contributed by atoms with Crippen LogP contribution in [0.1, 0.15) is 90.9 Å². The van der Waals surface area contributed by atoms with Gasteiger partial charge in [-0.1, -0.05) is 102 Å². The van der Waals surface area contributed by atoms with E-state index < -0.39 is 11.6 Å². The van der Waals surface area contributed by atoms with Gasteiger partial charge in [0.15, 0.2) is 5.82 Å². The second-order valence-electron chi connectivity index (χ2n) is 11.3. The highest BCUT2D eigenvalue weighted by atomic mass is 35.5. The van der Waals surface area contributed by atoms with Gasteiger partial charge < -0.3 is 14.3 Å². The van der Waals surface area contributed by atoms with Gasteiger partial charge in [-0.25, -0.2) is 14.3 Å². The van der Waals surface area contributed by atoms with Crippen LogP contribution in [0, 0.1) is 5.92 Å². The van der Waals surface area contributed by atoms with Crippen LogP contribution >= 0.6 is 11.6 Å². The molecule has 2 aromatic heterocycles. The number of fused-ring (bicyclic) bond motifs is 1. The first-order valence-electron chi connectivity index (χ1n) is 15.7. The van der Waals surface area contributed by atoms with E-state index in [1.807, 2.05) is 6.07 Å². The normalized spacial score (nSPS) is 12.2. The van der Waals surface area contributed by atoms with Crippen molar-refractivity contribution < 1.29 is 14.3 Å². The maximum atomic E-state index is 14.0. The number of hydrogen-bond donors (Lipinski definition) is 1. The molecule has 0 amide bonds. The van der Waals surface area contributed by atoms with Gasteiger partial charge in [-0.15, -0.1) is 0 Å². The third kappa shape index (κ3) is 7.91. The van der Waals surface area contributed by atoms with Gasteiger partial charge >= 0.3 is 5.76 Å². The molecule has 4 aromatic rings. The molecule has 4 rings (SSSR count). The fourth-order valence-electron chi connectivity index (χ4n) is 5.73. The minimum absolute atomic E-state index is 0.125. The number of aromatic nitrogens is 3. The van der Waals surface area contributed by atoms with Crippen molar-refractivity contribution in [1.29, 1.82) is 0 Å². The Kier molecular flexibility index (Phi) is 11.9. The number of ether oxygens (including phenoxy) is 1. The lowest BCUT2D eigenvalue weighted by atomic mass is 9.94. The maximum Gasteiger partial charge on any atom is 0.427 e. The van der Waals surface area contributed by atoms with Crippen molar-refractivity contribution in [2.75, 3.05) is 7.11 Å². The van der Waals surface area contributed by atoms with Gasteiger partial charge in [-0.2, -0.15) is 0 Å². The minimum atomic E-state index is -0.842. The zero-order chi connectivity index (χ0) is 30.8. The monoisotopic (exact) mass is 609 g/mol. The fourth-order valence-corrected chi connectivity index (χ4v) is 5.90. The predicted octanol–water partition coefficient (Wildman–Crippen LogP) is 8.51. The standard InChI is InChI=1S/C34H44ClN3O5/c1-4-6-8-10-11-13-17-24(16-12-9-7-5-2)23-37-31(36-27-19-15-14-18-26(27)32(37)39)30-33(40)38(34(41)43-30)28-22-25(35)20-21-29(28)42-3/h14-15,18-22,24,40H,4-13,16-17,23H2,1-3H3. The van der Waals surface area contributed by atoms with Gasteiger partial charge in [-0.05, 0) is 49.1 Å². The summed E-state index contributed by atoms with van der Waals surface area (Å²) in [6.45, 7) is 4.84. The molecule has 0 radical (unpaired) electrons. The van der Waals surface area contributed by atoms with E-state index in [1.165, 1.54) is 51.7 Å². The summed E-state index contributed by atoms with van der Waals surface area (Å²) >= 11 is 6.22. The van der Waals surface area contributed by atoms with Crippen LogP contribution < -0.4 is 16.1 Å². The number of rotatable bonds is 17. The number of halogens is 1. The molecule has 0 aliphatic carbocycles. The second-order valence-corrected chi connectivity index (χ2v) is 11.7. The van der Waals surface area contributed by atoms with Crippen molar-refractivity contribution in [3.63, 3.8) is 0 Å². The average Bonchev–Trinajstić information content (AvgIpc) is 3.30. The smallest absolute Gasteiger partial charge is 0.427 e. The molecule has 2 aromatic carbocycles. The minimum Gasteiger partial charge on any atom is -0.495 e. The van der Waals surface area contributed by atoms with E-state index in [1.54, 1.807) is 34.9 Å². The average molecular weight is 610 g/mol. The number of hydrogen-bond acceptors (Lipinski definition) is 6. The number of unbranched alkanes of at least 4 members (excludes halogenated alkanes) is 8. The van der Waals surface area contributed by atoms with E-state index in [2.05, 4.69) is 13.8 Å². The Morgan fingerprint density at radius 3 is 2.28 bits per heavy atom. The van der Waals surface area contributed by atoms with Crippen LogP contribution in [0.25, 0.3) is 28.2 Å². The molecule has 8 nitrogen and oxygen atoms in total. The molecular formula is C34H44ClN3O5. The first kappa shape index (κ1) is 32.4. The van der Waals surface area contributed by atoms with Crippen LogP contribution in [-0.2, 0) is 6.54 Å². The summed E-state index contributed by atoms with van der Waals surface area (Å²) in [4.78, 5) is 31.9. The lowest BCUT2D eigenvalue weighted by Gasteiger charge is -2.20. The molecule has 0 saturated heterocycles. The number of methoxy groups -OCH3 is 1. The molecule has 1 atom stereocenters. The summed E-state index contributed by atoms with van der Waals surface area (Å²) in [5, 5.41) is 12.2. The van der Waals surface area contributed by atoms with E-state index in [0.717, 1.165) is 43.1 Å². The van der Waals surface area contributed by atoms with Crippen LogP contribution in [0.3, 0.4) is 0 Å². The van der Waals surface area contributed by atoms with Crippen molar-refractivity contribution in [3.8, 4) is 28.9 Å². The number of oxazole rings is 1. The molecular weight excluding hydrogens is 566 g/mol. The van der Waals surface area contributed by atoms with E-state index in [0.29, 0.717) is 28.2 Å². The molecule has 9 heteroatoms. The van der Waals surface area contributed by atoms with Crippen LogP contribution in [-0.4, -0.2) is 26.3 Å². The highest BCUT2D eigenvalue weighted by molar-refractivity contribution is 6.30. The van der Waals surface area contributed by atoms with Gasteiger partial charge in [0.05, 0.1) is 23.7 Å². The summed E-state index contributed by atoms with van der Waals surface area (Å²) in [6.07, 6.45) is 13.8. The lowest BCUT2D eigenvalue weighted by molar-refractivity contribution is 0.352. The van der Waals surface area contributed by atoms with Gasteiger partial charge in [-0.3, -0.25) is 9.36 Å². The van der Waals surface area contributed by atoms with E-state index in [4.69, 9.17) is 25.7 Å². The van der Waals surface area contributed by atoms with Gasteiger partial charge in [0.2, 0.25) is 11.6 Å². The van der Waals surface area contributed by atoms with Crippen LogP contribution in [0.4, 0.5) is 0 Å². The summed E-state index contributed by atoms with van der Waals surface area (Å²) < 4.78 is 13.6. The molecule has 43 heavy (non-hydrogen) atoms. The van der Waals surface area contributed by atoms with Crippen molar-refractivity contribution in [1.82, 2.24) is 14.1 Å². The number of aromatic hydroxyl groups is 1. The Hall–Kier alpha value is -3.52. The SMILES string of the molecule is CCCCCCCCC(CCCCCC)Cn1c(-c2oc(=O)n(-c3cc(Cl)ccc3OC)c2O)nc2ccccc2c1=O. The Labute approximate surface area is 258 Å². The summed E-state index contributed by atoms with van der Waals surface area (Å²) in [5.74, 6) is -0.795. The Balaban J connectivity index is 1.77. The molecule has 232 valence electrons. The van der Waals surface area contributed by atoms with Crippen molar-refractivity contribution in [2.45, 2.75) is 97.4 Å². The molecule has 0 aliphatic rings. The molecule has 0 saturated carbocycles. The van der Waals surface area contributed by atoms with Crippen LogP contribution in [0.2, 0.25) is 5.02 Å². The van der Waals surface area contributed by atoms with Crippen molar-refractivity contribution in [2.24, 2.45) is 5.92 Å². The highest BCUT2D eigenvalue weighted by Gasteiger charge is 2.27. The highest BCUT2D eigenvalue weighted by Crippen LogP contribution is 2.34. The number of nitrogens with zero attached hydrogens (tertiary/aromatic N) is 3. The molecule has 0 spiro atoms. The van der Waals surface area contributed by atoms with Crippen molar-refractivity contribution >= 4 is 22.5 Å². The molecule has 1 unspecified atom stereocenters. The molecule has 1 N–H and O–H groups in total. The zero-order valence-electron chi connectivity index (χ0n) is 25.6. The predicted molar refractivity (Wildman–Crippen MR) is 173 cm³/mol. The number of para-hydroxylation sites is 1. The largest absolute Gasteiger partial charge is 0.495 e. The zero-order valence-corrected chi connectivity index (χ0v) is 26.4. The van der Waals surface area contributed by atoms with Crippen LogP contribution in [0.5, 0.6) is 11.6 Å². The van der Waals surface area contributed by atoms with Crippen LogP contribution in [0.15, 0.2) is 56.5 Å². The quantitative estimate of drug-likeness (QED) is 0.120. The Bertz CT molecular complexity index is 1610. The summed E-state index contributed by atoms with van der Waals surface area (Å²) in [7, 11) is 1.46. The fraction of sp³-hybridized carbons (Fsp3) is 0.500.